The van der Waals surface area contributed by atoms with Gasteiger partial charge in [0.2, 0.25) is 0 Å². The first-order valence-electron chi connectivity index (χ1n) is 6.64. The lowest BCUT2D eigenvalue weighted by molar-refractivity contribution is 0.163. The van der Waals surface area contributed by atoms with Gasteiger partial charge in [0.25, 0.3) is 0 Å². The Bertz CT molecular complexity index is 521. The molecule has 0 spiro atoms. The molecule has 0 aromatic heterocycles. The second-order valence-electron chi connectivity index (χ2n) is 5.25. The predicted molar refractivity (Wildman–Crippen MR) is 71.0 cm³/mol. The Balaban J connectivity index is 2.02. The minimum Gasteiger partial charge on any atom is -0.392 e. The molecule has 1 aromatic rings. The summed E-state index contributed by atoms with van der Waals surface area (Å²) in [6.45, 7) is 0. The van der Waals surface area contributed by atoms with Crippen LogP contribution < -0.4 is 0 Å². The zero-order chi connectivity index (χ0) is 13.9. The largest absolute Gasteiger partial charge is 0.392 e. The van der Waals surface area contributed by atoms with Crippen molar-refractivity contribution in [3.8, 4) is 0 Å². The zero-order valence-corrected chi connectivity index (χ0v) is 11.6. The van der Waals surface area contributed by atoms with Gasteiger partial charge in [-0.1, -0.05) is 37.8 Å². The molecule has 5 heteroatoms. The van der Waals surface area contributed by atoms with Crippen molar-refractivity contribution >= 4 is 9.84 Å². The van der Waals surface area contributed by atoms with Crippen molar-refractivity contribution in [2.75, 3.05) is 5.75 Å². The van der Waals surface area contributed by atoms with Crippen LogP contribution in [-0.2, 0) is 9.84 Å². The maximum Gasteiger partial charge on any atom is 0.183 e. The summed E-state index contributed by atoms with van der Waals surface area (Å²) in [6.07, 6.45) is 3.99. The third-order valence-electron chi connectivity index (χ3n) is 3.66. The molecule has 106 valence electrons. The summed E-state index contributed by atoms with van der Waals surface area (Å²) in [5.41, 5.74) is 0. The quantitative estimate of drug-likeness (QED) is 0.905. The van der Waals surface area contributed by atoms with Crippen LogP contribution >= 0.6 is 0 Å². The highest BCUT2D eigenvalue weighted by Crippen LogP contribution is 2.29. The second kappa shape index (κ2) is 6.01. The van der Waals surface area contributed by atoms with E-state index in [2.05, 4.69) is 0 Å². The lowest BCUT2D eigenvalue weighted by Crippen LogP contribution is -2.23. The van der Waals surface area contributed by atoms with Gasteiger partial charge < -0.3 is 5.11 Å². The monoisotopic (exact) mass is 286 g/mol. The second-order valence-corrected chi connectivity index (χ2v) is 7.25. The van der Waals surface area contributed by atoms with Crippen LogP contribution in [0.1, 0.15) is 32.1 Å². The zero-order valence-electron chi connectivity index (χ0n) is 10.8. The maximum atomic E-state index is 13.5. The van der Waals surface area contributed by atoms with Crippen molar-refractivity contribution in [1.82, 2.24) is 0 Å². The molecule has 2 rings (SSSR count). The molecule has 1 aliphatic carbocycles. The topological polar surface area (TPSA) is 54.4 Å². The number of benzene rings is 1. The minimum absolute atomic E-state index is 0.319. The SMILES string of the molecule is O=S(=O)(CC(O)CC1CCCC1)c1ccccc1F. The van der Waals surface area contributed by atoms with Crippen LogP contribution in [0, 0.1) is 11.7 Å². The predicted octanol–water partition coefficient (Wildman–Crippen LogP) is 2.54. The van der Waals surface area contributed by atoms with Gasteiger partial charge in [0.15, 0.2) is 9.84 Å². The fraction of sp³-hybridized carbons (Fsp3) is 0.571. The van der Waals surface area contributed by atoms with Gasteiger partial charge in [-0.05, 0) is 24.5 Å². The number of halogens is 1. The summed E-state index contributed by atoms with van der Waals surface area (Å²) in [4.78, 5) is -0.319. The van der Waals surface area contributed by atoms with Crippen molar-refractivity contribution in [1.29, 1.82) is 0 Å². The highest BCUT2D eigenvalue weighted by atomic mass is 32.2. The highest BCUT2D eigenvalue weighted by molar-refractivity contribution is 7.91. The van der Waals surface area contributed by atoms with E-state index in [0.717, 1.165) is 31.7 Å². The van der Waals surface area contributed by atoms with Gasteiger partial charge in [0.1, 0.15) is 10.7 Å². The van der Waals surface area contributed by atoms with Crippen molar-refractivity contribution in [3.63, 3.8) is 0 Å². The van der Waals surface area contributed by atoms with Gasteiger partial charge in [0.05, 0.1) is 11.9 Å². The number of aliphatic hydroxyl groups is 1. The highest BCUT2D eigenvalue weighted by Gasteiger charge is 2.25. The fourth-order valence-electron chi connectivity index (χ4n) is 2.74. The van der Waals surface area contributed by atoms with Crippen molar-refractivity contribution in [3.05, 3.63) is 30.1 Å². The number of aliphatic hydroxyl groups excluding tert-OH is 1. The van der Waals surface area contributed by atoms with Crippen molar-refractivity contribution in [2.24, 2.45) is 5.92 Å². The summed E-state index contributed by atoms with van der Waals surface area (Å²) in [5, 5.41) is 9.90. The van der Waals surface area contributed by atoms with E-state index in [1.54, 1.807) is 0 Å². The Morgan fingerprint density at radius 1 is 1.26 bits per heavy atom. The molecule has 0 bridgehead atoms. The Kier molecular flexibility index (Phi) is 4.58. The van der Waals surface area contributed by atoms with E-state index in [9.17, 15) is 17.9 Å². The first kappa shape index (κ1) is 14.5. The summed E-state index contributed by atoms with van der Waals surface area (Å²) in [6, 6.07) is 5.30. The van der Waals surface area contributed by atoms with Gasteiger partial charge in [-0.15, -0.1) is 0 Å². The van der Waals surface area contributed by atoms with Crippen LogP contribution in [-0.4, -0.2) is 25.4 Å². The maximum absolute atomic E-state index is 13.5. The molecule has 0 aliphatic heterocycles. The molecular weight excluding hydrogens is 267 g/mol. The third kappa shape index (κ3) is 3.76. The van der Waals surface area contributed by atoms with Gasteiger partial charge in [-0.2, -0.15) is 0 Å². The molecule has 1 fully saturated rings. The van der Waals surface area contributed by atoms with Gasteiger partial charge in [-0.25, -0.2) is 12.8 Å². The van der Waals surface area contributed by atoms with Crippen LogP contribution in [0.3, 0.4) is 0 Å². The van der Waals surface area contributed by atoms with Crippen molar-refractivity contribution < 1.29 is 17.9 Å². The standard InChI is InChI=1S/C14H19FO3S/c15-13-7-3-4-8-14(13)19(17,18)10-12(16)9-11-5-1-2-6-11/h3-4,7-8,11-12,16H,1-2,5-6,9-10H2. The van der Waals surface area contributed by atoms with Gasteiger partial charge in [0, 0.05) is 0 Å². The lowest BCUT2D eigenvalue weighted by atomic mass is 10.0. The van der Waals surface area contributed by atoms with Crippen LogP contribution in [0.5, 0.6) is 0 Å². The number of sulfone groups is 1. The Labute approximate surface area is 113 Å². The van der Waals surface area contributed by atoms with Crippen LogP contribution in [0.2, 0.25) is 0 Å². The lowest BCUT2D eigenvalue weighted by Gasteiger charge is -2.15. The molecule has 19 heavy (non-hydrogen) atoms. The van der Waals surface area contributed by atoms with Crippen LogP contribution in [0.25, 0.3) is 0 Å². The molecule has 1 aliphatic rings. The number of hydrogen-bond donors (Lipinski definition) is 1. The van der Waals surface area contributed by atoms with E-state index in [4.69, 9.17) is 0 Å². The average molecular weight is 286 g/mol. The molecule has 1 saturated carbocycles. The molecular formula is C14H19FO3S. The molecule has 0 heterocycles. The molecule has 1 atom stereocenters. The third-order valence-corrected chi connectivity index (χ3v) is 5.49. The van der Waals surface area contributed by atoms with Gasteiger partial charge >= 0.3 is 0 Å². The molecule has 0 radical (unpaired) electrons. The first-order chi connectivity index (χ1) is 8.99. The van der Waals surface area contributed by atoms with E-state index in [-0.39, 0.29) is 4.90 Å². The average Bonchev–Trinajstić information content (AvgIpc) is 2.81. The van der Waals surface area contributed by atoms with E-state index in [0.29, 0.717) is 12.3 Å². The summed E-state index contributed by atoms with van der Waals surface area (Å²) in [7, 11) is -3.76. The number of hydrogen-bond acceptors (Lipinski definition) is 3. The summed E-state index contributed by atoms with van der Waals surface area (Å²) >= 11 is 0. The Hall–Kier alpha value is -0.940. The number of rotatable bonds is 5. The molecule has 1 unspecified atom stereocenters. The van der Waals surface area contributed by atoms with E-state index < -0.39 is 27.5 Å². The van der Waals surface area contributed by atoms with E-state index in [1.165, 1.54) is 18.2 Å². The minimum atomic E-state index is -3.76. The van der Waals surface area contributed by atoms with Crippen LogP contribution in [0.15, 0.2) is 29.2 Å². The first-order valence-corrected chi connectivity index (χ1v) is 8.29. The molecule has 1 N–H and O–H groups in total. The van der Waals surface area contributed by atoms with Crippen molar-refractivity contribution in [2.45, 2.75) is 43.1 Å². The normalized spacial score (nSPS) is 18.6. The Morgan fingerprint density at radius 3 is 2.53 bits per heavy atom. The molecule has 1 aromatic carbocycles. The van der Waals surface area contributed by atoms with Crippen LogP contribution in [0.4, 0.5) is 4.39 Å². The molecule has 0 amide bonds. The smallest absolute Gasteiger partial charge is 0.183 e. The van der Waals surface area contributed by atoms with Gasteiger partial charge in [-0.3, -0.25) is 0 Å². The Morgan fingerprint density at radius 2 is 1.89 bits per heavy atom. The van der Waals surface area contributed by atoms with E-state index >= 15 is 0 Å². The summed E-state index contributed by atoms with van der Waals surface area (Å²) in [5.74, 6) is -0.744. The molecule has 3 nitrogen and oxygen atoms in total. The fourth-order valence-corrected chi connectivity index (χ4v) is 4.21. The summed E-state index contributed by atoms with van der Waals surface area (Å²) < 4.78 is 37.6. The van der Waals surface area contributed by atoms with E-state index in [1.807, 2.05) is 0 Å². The molecule has 0 saturated heterocycles.